The number of aromatic nitrogens is 1. The summed E-state index contributed by atoms with van der Waals surface area (Å²) >= 11 is 0. The summed E-state index contributed by atoms with van der Waals surface area (Å²) in [5.74, 6) is 0. The van der Waals surface area contributed by atoms with Crippen LogP contribution in [0.5, 0.6) is 0 Å². The molecule has 208 valence electrons. The SMILES string of the molecule is Cc1ccnc(-c2ccc(C(F)(F)F)cc2CN2C(=O)O[C@H](c3cc(C(F)(F)F)cc(C(F)(F)F)c3)[C@@H]2C)c1. The van der Waals surface area contributed by atoms with Crippen molar-refractivity contribution in [3.8, 4) is 11.3 Å². The molecule has 2 heterocycles. The van der Waals surface area contributed by atoms with Gasteiger partial charge in [0.2, 0.25) is 0 Å². The van der Waals surface area contributed by atoms with Crippen LogP contribution in [0.25, 0.3) is 11.3 Å². The highest BCUT2D eigenvalue weighted by molar-refractivity contribution is 5.72. The van der Waals surface area contributed by atoms with Crippen LogP contribution < -0.4 is 0 Å². The molecular formula is C26H19F9N2O2. The number of amides is 1. The smallest absolute Gasteiger partial charge is 0.416 e. The average Bonchev–Trinajstić information content (AvgIpc) is 3.10. The summed E-state index contributed by atoms with van der Waals surface area (Å²) in [7, 11) is 0. The fraction of sp³-hybridized carbons (Fsp3) is 0.308. The van der Waals surface area contributed by atoms with Gasteiger partial charge in [0.1, 0.15) is 6.10 Å². The number of hydrogen-bond acceptors (Lipinski definition) is 3. The fourth-order valence-corrected chi connectivity index (χ4v) is 4.32. The van der Waals surface area contributed by atoms with Crippen LogP contribution in [-0.4, -0.2) is 22.0 Å². The van der Waals surface area contributed by atoms with Crippen LogP contribution in [0.3, 0.4) is 0 Å². The Balaban J connectivity index is 1.74. The van der Waals surface area contributed by atoms with E-state index in [9.17, 15) is 44.3 Å². The van der Waals surface area contributed by atoms with Gasteiger partial charge < -0.3 is 4.74 Å². The predicted molar refractivity (Wildman–Crippen MR) is 120 cm³/mol. The van der Waals surface area contributed by atoms with Gasteiger partial charge in [0, 0.05) is 11.8 Å². The van der Waals surface area contributed by atoms with Crippen molar-refractivity contribution in [2.45, 2.75) is 51.1 Å². The van der Waals surface area contributed by atoms with E-state index in [0.717, 1.165) is 22.6 Å². The monoisotopic (exact) mass is 562 g/mol. The molecule has 1 saturated heterocycles. The molecule has 39 heavy (non-hydrogen) atoms. The Hall–Kier alpha value is -3.77. The lowest BCUT2D eigenvalue weighted by molar-refractivity contribution is -0.143. The normalized spacial score (nSPS) is 18.4. The molecule has 0 bridgehead atoms. The summed E-state index contributed by atoms with van der Waals surface area (Å²) in [4.78, 5) is 17.9. The van der Waals surface area contributed by atoms with Gasteiger partial charge in [0.05, 0.1) is 35.0 Å². The molecule has 0 saturated carbocycles. The molecule has 4 nitrogen and oxygen atoms in total. The first-order chi connectivity index (χ1) is 17.9. The number of benzene rings is 2. The van der Waals surface area contributed by atoms with E-state index in [1.165, 1.54) is 19.2 Å². The van der Waals surface area contributed by atoms with Gasteiger partial charge in [-0.2, -0.15) is 39.5 Å². The first kappa shape index (κ1) is 28.2. The average molecular weight is 562 g/mol. The summed E-state index contributed by atoms with van der Waals surface area (Å²) in [5, 5.41) is 0. The van der Waals surface area contributed by atoms with E-state index in [2.05, 4.69) is 4.98 Å². The maximum absolute atomic E-state index is 13.5. The molecule has 2 aromatic carbocycles. The fourth-order valence-electron chi connectivity index (χ4n) is 4.32. The zero-order valence-electron chi connectivity index (χ0n) is 20.2. The molecule has 4 rings (SSSR count). The van der Waals surface area contributed by atoms with Crippen molar-refractivity contribution in [1.82, 2.24) is 9.88 Å². The maximum Gasteiger partial charge on any atom is 0.416 e. The standard InChI is InChI=1S/C26H19F9N2O2/c1-13-5-6-36-21(7-13)20-4-3-17(24(27,28)29)10-16(20)12-37-14(2)22(39-23(37)38)15-8-18(25(30,31)32)11-19(9-15)26(33,34)35/h3-11,14,22H,12H2,1-2H3/t14-,22-/m0/s1. The number of rotatable bonds is 4. The third kappa shape index (κ3) is 5.96. The van der Waals surface area contributed by atoms with Crippen molar-refractivity contribution in [2.24, 2.45) is 0 Å². The zero-order chi connectivity index (χ0) is 28.9. The zero-order valence-corrected chi connectivity index (χ0v) is 20.2. The van der Waals surface area contributed by atoms with Gasteiger partial charge in [0.25, 0.3) is 0 Å². The van der Waals surface area contributed by atoms with Gasteiger partial charge in [-0.1, -0.05) is 6.07 Å². The lowest BCUT2D eigenvalue weighted by Gasteiger charge is -2.24. The summed E-state index contributed by atoms with van der Waals surface area (Å²) in [6.45, 7) is 2.58. The first-order valence-corrected chi connectivity index (χ1v) is 11.3. The van der Waals surface area contributed by atoms with Crippen LogP contribution >= 0.6 is 0 Å². The highest BCUT2D eigenvalue weighted by Crippen LogP contribution is 2.42. The van der Waals surface area contributed by atoms with E-state index in [0.29, 0.717) is 17.8 Å². The molecule has 1 aliphatic rings. The number of ether oxygens (including phenoxy) is 1. The molecule has 1 amide bonds. The summed E-state index contributed by atoms with van der Waals surface area (Å²) in [5.41, 5.74) is -3.41. The second kappa shape index (κ2) is 9.76. The highest BCUT2D eigenvalue weighted by Gasteiger charge is 2.43. The molecule has 0 radical (unpaired) electrons. The van der Waals surface area contributed by atoms with E-state index in [1.54, 1.807) is 19.1 Å². The largest absolute Gasteiger partial charge is 0.439 e. The molecule has 1 aliphatic heterocycles. The van der Waals surface area contributed by atoms with E-state index in [-0.39, 0.29) is 17.2 Å². The Kier molecular flexibility index (Phi) is 7.07. The Morgan fingerprint density at radius 2 is 1.41 bits per heavy atom. The van der Waals surface area contributed by atoms with Crippen molar-refractivity contribution in [2.75, 3.05) is 0 Å². The minimum atomic E-state index is -5.12. The Morgan fingerprint density at radius 3 is 1.95 bits per heavy atom. The number of alkyl halides is 9. The van der Waals surface area contributed by atoms with Gasteiger partial charge in [-0.15, -0.1) is 0 Å². The Labute approximate surface area is 216 Å². The number of pyridine rings is 1. The van der Waals surface area contributed by atoms with E-state index < -0.39 is 65.6 Å². The summed E-state index contributed by atoms with van der Waals surface area (Å²) in [6, 6.07) is 5.87. The lowest BCUT2D eigenvalue weighted by atomic mass is 9.96. The van der Waals surface area contributed by atoms with Crippen LogP contribution in [0.1, 0.15) is 46.4 Å². The second-order valence-corrected chi connectivity index (χ2v) is 9.10. The van der Waals surface area contributed by atoms with Crippen molar-refractivity contribution in [3.63, 3.8) is 0 Å². The number of aryl methyl sites for hydroxylation is 1. The molecule has 3 aromatic rings. The molecule has 0 N–H and O–H groups in total. The van der Waals surface area contributed by atoms with Gasteiger partial charge in [-0.3, -0.25) is 9.88 Å². The molecule has 0 aliphatic carbocycles. The predicted octanol–water partition coefficient (Wildman–Crippen LogP) is 8.20. The van der Waals surface area contributed by atoms with Gasteiger partial charge in [0.15, 0.2) is 0 Å². The number of hydrogen-bond donors (Lipinski definition) is 0. The first-order valence-electron chi connectivity index (χ1n) is 11.3. The van der Waals surface area contributed by atoms with E-state index >= 15 is 0 Å². The summed E-state index contributed by atoms with van der Waals surface area (Å²) < 4.78 is 126. The van der Waals surface area contributed by atoms with E-state index in [1.807, 2.05) is 0 Å². The molecule has 2 atom stereocenters. The Bertz CT molecular complexity index is 1370. The van der Waals surface area contributed by atoms with Crippen molar-refractivity contribution >= 4 is 6.09 Å². The minimum absolute atomic E-state index is 0.00685. The number of carbonyl (C=O) groups is 1. The number of nitrogens with zero attached hydrogens (tertiary/aromatic N) is 2. The van der Waals surface area contributed by atoms with Crippen LogP contribution in [0.4, 0.5) is 44.3 Å². The van der Waals surface area contributed by atoms with E-state index in [4.69, 9.17) is 4.74 Å². The van der Waals surface area contributed by atoms with Crippen molar-refractivity contribution in [1.29, 1.82) is 0 Å². The van der Waals surface area contributed by atoms with Gasteiger partial charge >= 0.3 is 24.6 Å². The molecule has 13 heteroatoms. The van der Waals surface area contributed by atoms with Crippen LogP contribution in [0.15, 0.2) is 54.7 Å². The van der Waals surface area contributed by atoms with Crippen LogP contribution in [0, 0.1) is 6.92 Å². The van der Waals surface area contributed by atoms with Crippen LogP contribution in [-0.2, 0) is 29.8 Å². The van der Waals surface area contributed by atoms with Gasteiger partial charge in [-0.05, 0) is 73.0 Å². The molecule has 0 spiro atoms. The molecule has 1 fully saturated rings. The second-order valence-electron chi connectivity index (χ2n) is 9.10. The molecular weight excluding hydrogens is 543 g/mol. The lowest BCUT2D eigenvalue weighted by Crippen LogP contribution is -2.32. The number of cyclic esters (lactones) is 1. The third-order valence-electron chi connectivity index (χ3n) is 6.30. The minimum Gasteiger partial charge on any atom is -0.439 e. The highest BCUT2D eigenvalue weighted by atomic mass is 19.4. The Morgan fingerprint density at radius 1 is 0.821 bits per heavy atom. The van der Waals surface area contributed by atoms with Crippen molar-refractivity contribution < 1.29 is 49.0 Å². The number of carbonyl (C=O) groups excluding carboxylic acids is 1. The molecule has 0 unspecified atom stereocenters. The van der Waals surface area contributed by atoms with Gasteiger partial charge in [-0.25, -0.2) is 4.79 Å². The van der Waals surface area contributed by atoms with Crippen LogP contribution in [0.2, 0.25) is 0 Å². The third-order valence-corrected chi connectivity index (χ3v) is 6.30. The van der Waals surface area contributed by atoms with Crippen molar-refractivity contribution in [3.05, 3.63) is 88.1 Å². The maximum atomic E-state index is 13.5. The topological polar surface area (TPSA) is 42.4 Å². The number of halogens is 9. The quantitative estimate of drug-likeness (QED) is 0.301. The molecule has 1 aromatic heterocycles. The summed E-state index contributed by atoms with van der Waals surface area (Å²) in [6.07, 6.45) is -16.2.